The first-order valence-electron chi connectivity index (χ1n) is 6.19. The third-order valence-electron chi connectivity index (χ3n) is 3.43. The van der Waals surface area contributed by atoms with E-state index in [1.165, 1.54) is 17.2 Å². The van der Waals surface area contributed by atoms with Crippen LogP contribution >= 0.6 is 11.6 Å². The Balaban J connectivity index is 2.43. The Kier molecular flexibility index (Phi) is 4.08. The number of carboxylic acid groups (broad SMARTS) is 1. The number of nitrogens with zero attached hydrogens (tertiary/aromatic N) is 3. The standard InChI is InChI=1S/C12H14ClN3O4/c1-7-2-3-15(10(4-7)12(17)18)11-9(16(19)20)5-8(13)6-14-11/h5-7,10H,2-4H2,1H3,(H,17,18). The average molecular weight is 300 g/mol. The summed E-state index contributed by atoms with van der Waals surface area (Å²) in [4.78, 5) is 27.3. The zero-order valence-corrected chi connectivity index (χ0v) is 11.6. The molecule has 2 unspecified atom stereocenters. The van der Waals surface area contributed by atoms with Gasteiger partial charge in [-0.15, -0.1) is 0 Å². The van der Waals surface area contributed by atoms with Crippen molar-refractivity contribution in [2.45, 2.75) is 25.8 Å². The molecule has 7 nitrogen and oxygen atoms in total. The number of hydrogen-bond donors (Lipinski definition) is 1. The molecule has 0 radical (unpaired) electrons. The van der Waals surface area contributed by atoms with E-state index in [2.05, 4.69) is 4.98 Å². The van der Waals surface area contributed by atoms with Gasteiger partial charge in [-0.2, -0.15) is 0 Å². The molecule has 1 aliphatic rings. The molecule has 1 N–H and O–H groups in total. The summed E-state index contributed by atoms with van der Waals surface area (Å²) in [7, 11) is 0. The molecule has 0 aliphatic carbocycles. The molecule has 1 aromatic rings. The Labute approximate surface area is 120 Å². The average Bonchev–Trinajstić information content (AvgIpc) is 2.38. The van der Waals surface area contributed by atoms with E-state index in [1.807, 2.05) is 6.92 Å². The lowest BCUT2D eigenvalue weighted by atomic mass is 9.92. The molecule has 0 spiro atoms. The summed E-state index contributed by atoms with van der Waals surface area (Å²) >= 11 is 5.72. The van der Waals surface area contributed by atoms with Gasteiger partial charge in [-0.25, -0.2) is 9.78 Å². The smallest absolute Gasteiger partial charge is 0.326 e. The molecular formula is C12H14ClN3O4. The van der Waals surface area contributed by atoms with Gasteiger partial charge >= 0.3 is 11.7 Å². The number of carboxylic acids is 1. The summed E-state index contributed by atoms with van der Waals surface area (Å²) in [6, 6.07) is 0.395. The first kappa shape index (κ1) is 14.5. The van der Waals surface area contributed by atoms with Crippen molar-refractivity contribution in [3.63, 3.8) is 0 Å². The fourth-order valence-electron chi connectivity index (χ4n) is 2.41. The van der Waals surface area contributed by atoms with Crippen LogP contribution in [-0.2, 0) is 4.79 Å². The number of anilines is 1. The lowest BCUT2D eigenvalue weighted by Gasteiger charge is -2.36. The van der Waals surface area contributed by atoms with Crippen molar-refractivity contribution in [1.82, 2.24) is 4.98 Å². The minimum Gasteiger partial charge on any atom is -0.480 e. The Morgan fingerprint density at radius 1 is 1.65 bits per heavy atom. The molecule has 8 heteroatoms. The van der Waals surface area contributed by atoms with Gasteiger partial charge in [-0.3, -0.25) is 10.1 Å². The summed E-state index contributed by atoms with van der Waals surface area (Å²) in [5.41, 5.74) is -0.265. The number of halogens is 1. The number of nitro groups is 1. The van der Waals surface area contributed by atoms with Crippen LogP contribution in [0.25, 0.3) is 0 Å². The Bertz CT molecular complexity index is 552. The topological polar surface area (TPSA) is 96.6 Å². The van der Waals surface area contributed by atoms with Gasteiger partial charge in [0.2, 0.25) is 5.82 Å². The molecular weight excluding hydrogens is 286 g/mol. The van der Waals surface area contributed by atoms with E-state index in [9.17, 15) is 20.0 Å². The molecule has 1 saturated heterocycles. The van der Waals surface area contributed by atoms with Gasteiger partial charge in [0.1, 0.15) is 6.04 Å². The zero-order chi connectivity index (χ0) is 14.9. The minimum absolute atomic E-state index is 0.0682. The highest BCUT2D eigenvalue weighted by Gasteiger charge is 2.36. The van der Waals surface area contributed by atoms with Crippen LogP contribution in [-0.4, -0.2) is 33.6 Å². The van der Waals surface area contributed by atoms with Crippen molar-refractivity contribution in [2.75, 3.05) is 11.4 Å². The van der Waals surface area contributed by atoms with Gasteiger partial charge in [-0.05, 0) is 18.8 Å². The predicted octanol–water partition coefficient (Wildman–Crippen LogP) is 2.33. The second-order valence-corrected chi connectivity index (χ2v) is 5.37. The second-order valence-electron chi connectivity index (χ2n) is 4.93. The lowest BCUT2D eigenvalue weighted by molar-refractivity contribution is -0.384. The molecule has 1 aromatic heterocycles. The normalized spacial score (nSPS) is 22.6. The van der Waals surface area contributed by atoms with Gasteiger partial charge in [0, 0.05) is 18.8 Å². The van der Waals surface area contributed by atoms with Crippen LogP contribution in [0.2, 0.25) is 5.02 Å². The van der Waals surface area contributed by atoms with E-state index in [4.69, 9.17) is 11.6 Å². The number of rotatable bonds is 3. The Morgan fingerprint density at radius 3 is 2.95 bits per heavy atom. The highest BCUT2D eigenvalue weighted by atomic mass is 35.5. The largest absolute Gasteiger partial charge is 0.480 e. The van der Waals surface area contributed by atoms with Crippen LogP contribution in [0.3, 0.4) is 0 Å². The Morgan fingerprint density at radius 2 is 2.35 bits per heavy atom. The fourth-order valence-corrected chi connectivity index (χ4v) is 2.56. The number of piperidine rings is 1. The van der Waals surface area contributed by atoms with Crippen molar-refractivity contribution >= 4 is 29.1 Å². The first-order chi connectivity index (χ1) is 9.40. The van der Waals surface area contributed by atoms with Crippen LogP contribution in [0, 0.1) is 16.0 Å². The summed E-state index contributed by atoms with van der Waals surface area (Å²) in [6.45, 7) is 2.39. The predicted molar refractivity (Wildman–Crippen MR) is 73.1 cm³/mol. The van der Waals surface area contributed by atoms with Gasteiger partial charge in [0.05, 0.1) is 9.95 Å². The Hall–Kier alpha value is -1.89. The summed E-state index contributed by atoms with van der Waals surface area (Å²) in [6.07, 6.45) is 2.50. The summed E-state index contributed by atoms with van der Waals surface area (Å²) < 4.78 is 0. The molecule has 0 saturated carbocycles. The molecule has 2 rings (SSSR count). The monoisotopic (exact) mass is 299 g/mol. The van der Waals surface area contributed by atoms with Crippen LogP contribution in [0.1, 0.15) is 19.8 Å². The fraction of sp³-hybridized carbons (Fsp3) is 0.500. The number of aliphatic carboxylic acids is 1. The number of pyridine rings is 1. The van der Waals surface area contributed by atoms with E-state index in [0.29, 0.717) is 13.0 Å². The van der Waals surface area contributed by atoms with Crippen LogP contribution in [0.15, 0.2) is 12.3 Å². The van der Waals surface area contributed by atoms with Crippen molar-refractivity contribution in [3.8, 4) is 0 Å². The molecule has 108 valence electrons. The molecule has 1 fully saturated rings. The van der Waals surface area contributed by atoms with Gasteiger partial charge < -0.3 is 10.0 Å². The second kappa shape index (κ2) is 5.62. The van der Waals surface area contributed by atoms with Crippen molar-refractivity contribution in [2.24, 2.45) is 5.92 Å². The third-order valence-corrected chi connectivity index (χ3v) is 3.64. The van der Waals surface area contributed by atoms with Gasteiger partial charge in [0.25, 0.3) is 0 Å². The maximum Gasteiger partial charge on any atom is 0.326 e. The van der Waals surface area contributed by atoms with Crippen molar-refractivity contribution in [3.05, 3.63) is 27.4 Å². The molecule has 1 aliphatic heterocycles. The maximum absolute atomic E-state index is 11.4. The van der Waals surface area contributed by atoms with Crippen molar-refractivity contribution in [1.29, 1.82) is 0 Å². The summed E-state index contributed by atoms with van der Waals surface area (Å²) in [5.74, 6) is -0.667. The van der Waals surface area contributed by atoms with E-state index >= 15 is 0 Å². The van der Waals surface area contributed by atoms with Crippen LogP contribution in [0.5, 0.6) is 0 Å². The third kappa shape index (κ3) is 2.82. The number of hydrogen-bond acceptors (Lipinski definition) is 5. The molecule has 20 heavy (non-hydrogen) atoms. The minimum atomic E-state index is -0.998. The number of aromatic nitrogens is 1. The van der Waals surface area contributed by atoms with E-state index in [0.717, 1.165) is 6.42 Å². The first-order valence-corrected chi connectivity index (χ1v) is 6.57. The molecule has 0 bridgehead atoms. The zero-order valence-electron chi connectivity index (χ0n) is 10.8. The number of carbonyl (C=O) groups is 1. The molecule has 2 heterocycles. The highest BCUT2D eigenvalue weighted by Crippen LogP contribution is 2.34. The van der Waals surface area contributed by atoms with Gasteiger partial charge in [-0.1, -0.05) is 18.5 Å². The maximum atomic E-state index is 11.4. The summed E-state index contributed by atoms with van der Waals surface area (Å²) in [5, 5.41) is 20.5. The molecule has 0 aromatic carbocycles. The van der Waals surface area contributed by atoms with Crippen LogP contribution in [0.4, 0.5) is 11.5 Å². The SMILES string of the molecule is CC1CCN(c2ncc(Cl)cc2[N+](=O)[O-])C(C(=O)O)C1. The molecule has 2 atom stereocenters. The van der Waals surface area contributed by atoms with E-state index < -0.39 is 16.9 Å². The van der Waals surface area contributed by atoms with Gasteiger partial charge in [0.15, 0.2) is 0 Å². The van der Waals surface area contributed by atoms with Crippen molar-refractivity contribution < 1.29 is 14.8 Å². The lowest BCUT2D eigenvalue weighted by Crippen LogP contribution is -2.47. The van der Waals surface area contributed by atoms with Crippen LogP contribution < -0.4 is 4.90 Å². The highest BCUT2D eigenvalue weighted by molar-refractivity contribution is 6.30. The van der Waals surface area contributed by atoms with E-state index in [-0.39, 0.29) is 22.4 Å². The quantitative estimate of drug-likeness (QED) is 0.679. The van der Waals surface area contributed by atoms with E-state index in [1.54, 1.807) is 0 Å². The molecule has 0 amide bonds.